The zero-order valence-electron chi connectivity index (χ0n) is 8.80. The van der Waals surface area contributed by atoms with Crippen LogP contribution in [0.25, 0.3) is 15.2 Å². The third kappa shape index (κ3) is 1.50. The summed E-state index contributed by atoms with van der Waals surface area (Å²) in [5.74, 6) is 0. The first kappa shape index (κ1) is 11.4. The number of hydrogen-bond donors (Lipinski definition) is 1. The third-order valence-corrected chi connectivity index (χ3v) is 3.60. The highest BCUT2D eigenvalue weighted by Crippen LogP contribution is 2.28. The summed E-state index contributed by atoms with van der Waals surface area (Å²) < 4.78 is 3.42. The monoisotopic (exact) mass is 253 g/mol. The van der Waals surface area contributed by atoms with Gasteiger partial charge in [-0.05, 0) is 18.6 Å². The minimum Gasteiger partial charge on any atom is -0.325 e. The Morgan fingerprint density at radius 1 is 1.44 bits per heavy atom. The summed E-state index contributed by atoms with van der Waals surface area (Å²) >= 11 is 1.71. The van der Waals surface area contributed by atoms with Crippen LogP contribution in [0.3, 0.4) is 0 Å². The molecule has 0 atom stereocenters. The Labute approximate surface area is 103 Å². The Bertz CT molecular complexity index is 641. The summed E-state index contributed by atoms with van der Waals surface area (Å²) in [7, 11) is 0. The number of fused-ring (bicyclic) bond motifs is 3. The van der Waals surface area contributed by atoms with Gasteiger partial charge in [0.25, 0.3) is 0 Å². The summed E-state index contributed by atoms with van der Waals surface area (Å²) in [4.78, 5) is 5.49. The zero-order valence-corrected chi connectivity index (χ0v) is 10.4. The lowest BCUT2D eigenvalue weighted by Crippen LogP contribution is -1.95. The van der Waals surface area contributed by atoms with Gasteiger partial charge in [-0.25, -0.2) is 4.98 Å². The second kappa shape index (κ2) is 4.05. The number of rotatable bonds is 1. The fourth-order valence-electron chi connectivity index (χ4n) is 1.86. The molecule has 0 saturated heterocycles. The van der Waals surface area contributed by atoms with Crippen LogP contribution in [-0.4, -0.2) is 9.38 Å². The molecule has 3 aromatic rings. The Morgan fingerprint density at radius 2 is 2.25 bits per heavy atom. The molecule has 1 aromatic carbocycles. The molecule has 0 aliphatic carbocycles. The SMILES string of the molecule is Cc1cccc2sc3nc(CN)cn3c12.Cl. The average Bonchev–Trinajstić information content (AvgIpc) is 2.73. The van der Waals surface area contributed by atoms with Crippen molar-refractivity contribution in [3.8, 4) is 0 Å². The maximum absolute atomic E-state index is 5.58. The van der Waals surface area contributed by atoms with E-state index < -0.39 is 0 Å². The lowest BCUT2D eigenvalue weighted by molar-refractivity contribution is 1.02. The van der Waals surface area contributed by atoms with Gasteiger partial charge in [-0.15, -0.1) is 12.4 Å². The number of imidazole rings is 1. The van der Waals surface area contributed by atoms with Crippen LogP contribution < -0.4 is 5.73 Å². The van der Waals surface area contributed by atoms with Crippen molar-refractivity contribution in [3.63, 3.8) is 0 Å². The number of benzene rings is 1. The number of halogens is 1. The van der Waals surface area contributed by atoms with Gasteiger partial charge in [0.05, 0.1) is 15.9 Å². The topological polar surface area (TPSA) is 43.3 Å². The summed E-state index contributed by atoms with van der Waals surface area (Å²) in [6, 6.07) is 6.33. The van der Waals surface area contributed by atoms with E-state index in [0.717, 1.165) is 10.7 Å². The largest absolute Gasteiger partial charge is 0.325 e. The molecule has 0 amide bonds. The summed E-state index contributed by atoms with van der Waals surface area (Å²) in [6.45, 7) is 2.62. The number of para-hydroxylation sites is 1. The van der Waals surface area contributed by atoms with Crippen molar-refractivity contribution in [2.75, 3.05) is 0 Å². The van der Waals surface area contributed by atoms with Crippen LogP contribution in [0.5, 0.6) is 0 Å². The van der Waals surface area contributed by atoms with E-state index in [-0.39, 0.29) is 12.4 Å². The molecule has 5 heteroatoms. The van der Waals surface area contributed by atoms with Crippen LogP contribution in [0.2, 0.25) is 0 Å². The Morgan fingerprint density at radius 3 is 3.00 bits per heavy atom. The molecule has 3 rings (SSSR count). The van der Waals surface area contributed by atoms with Gasteiger partial charge in [0.1, 0.15) is 0 Å². The van der Waals surface area contributed by atoms with Gasteiger partial charge in [0.2, 0.25) is 0 Å². The summed E-state index contributed by atoms with van der Waals surface area (Å²) in [5.41, 5.74) is 9.07. The van der Waals surface area contributed by atoms with Gasteiger partial charge >= 0.3 is 0 Å². The molecule has 2 heterocycles. The lowest BCUT2D eigenvalue weighted by Gasteiger charge is -1.95. The van der Waals surface area contributed by atoms with Gasteiger partial charge < -0.3 is 5.73 Å². The average molecular weight is 254 g/mol. The minimum absolute atomic E-state index is 0. The van der Waals surface area contributed by atoms with Crippen molar-refractivity contribution < 1.29 is 0 Å². The van der Waals surface area contributed by atoms with Gasteiger partial charge in [-0.3, -0.25) is 4.40 Å². The summed E-state index contributed by atoms with van der Waals surface area (Å²) in [6.07, 6.45) is 2.03. The highest BCUT2D eigenvalue weighted by Gasteiger charge is 2.09. The first-order valence-electron chi connectivity index (χ1n) is 4.86. The quantitative estimate of drug-likeness (QED) is 0.725. The molecule has 16 heavy (non-hydrogen) atoms. The van der Waals surface area contributed by atoms with Crippen LogP contribution >= 0.6 is 23.7 Å². The van der Waals surface area contributed by atoms with Crippen molar-refractivity contribution in [1.29, 1.82) is 0 Å². The van der Waals surface area contributed by atoms with Crippen molar-refractivity contribution in [2.24, 2.45) is 5.73 Å². The molecule has 2 aromatic heterocycles. The van der Waals surface area contributed by atoms with Crippen molar-refractivity contribution in [2.45, 2.75) is 13.5 Å². The van der Waals surface area contributed by atoms with E-state index in [1.807, 2.05) is 6.20 Å². The molecular weight excluding hydrogens is 242 g/mol. The Balaban J connectivity index is 0.000000963. The number of aryl methyl sites for hydroxylation is 1. The fourth-order valence-corrected chi connectivity index (χ4v) is 2.97. The van der Waals surface area contributed by atoms with Crippen LogP contribution in [-0.2, 0) is 6.54 Å². The zero-order chi connectivity index (χ0) is 10.4. The molecule has 0 radical (unpaired) electrons. The number of thiazole rings is 1. The van der Waals surface area contributed by atoms with Crippen LogP contribution in [0, 0.1) is 6.92 Å². The van der Waals surface area contributed by atoms with E-state index >= 15 is 0 Å². The molecule has 0 fully saturated rings. The predicted molar refractivity (Wildman–Crippen MR) is 70.5 cm³/mol. The second-order valence-electron chi connectivity index (χ2n) is 3.61. The van der Waals surface area contributed by atoms with E-state index in [1.165, 1.54) is 15.8 Å². The van der Waals surface area contributed by atoms with E-state index in [2.05, 4.69) is 34.5 Å². The number of nitrogens with zero attached hydrogens (tertiary/aromatic N) is 2. The number of aromatic nitrogens is 2. The minimum atomic E-state index is 0. The maximum Gasteiger partial charge on any atom is 0.194 e. The summed E-state index contributed by atoms with van der Waals surface area (Å²) in [5, 5.41) is 0. The predicted octanol–water partition coefficient (Wildman–Crippen LogP) is 2.74. The van der Waals surface area contributed by atoms with E-state index in [9.17, 15) is 0 Å². The molecule has 0 aliphatic rings. The molecule has 0 unspecified atom stereocenters. The first-order valence-corrected chi connectivity index (χ1v) is 5.67. The van der Waals surface area contributed by atoms with E-state index in [1.54, 1.807) is 11.3 Å². The molecule has 0 bridgehead atoms. The maximum atomic E-state index is 5.58. The van der Waals surface area contributed by atoms with Gasteiger partial charge in [-0.1, -0.05) is 23.5 Å². The Hall–Kier alpha value is -1.10. The van der Waals surface area contributed by atoms with E-state index in [4.69, 9.17) is 5.73 Å². The second-order valence-corrected chi connectivity index (χ2v) is 4.62. The van der Waals surface area contributed by atoms with Crippen LogP contribution in [0.1, 0.15) is 11.3 Å². The standard InChI is InChI=1S/C11H11N3S.ClH/c1-7-3-2-4-9-10(7)14-6-8(5-12)13-11(14)15-9;/h2-4,6H,5,12H2,1H3;1H. The number of nitrogens with two attached hydrogens (primary N) is 1. The van der Waals surface area contributed by atoms with Gasteiger partial charge in [-0.2, -0.15) is 0 Å². The molecule has 0 saturated carbocycles. The molecule has 2 N–H and O–H groups in total. The van der Waals surface area contributed by atoms with Crippen molar-refractivity contribution in [1.82, 2.24) is 9.38 Å². The number of hydrogen-bond acceptors (Lipinski definition) is 3. The van der Waals surface area contributed by atoms with Crippen LogP contribution in [0.15, 0.2) is 24.4 Å². The lowest BCUT2D eigenvalue weighted by atomic mass is 10.2. The Kier molecular flexibility index (Phi) is 2.88. The molecule has 0 aliphatic heterocycles. The fraction of sp³-hybridized carbons (Fsp3) is 0.182. The van der Waals surface area contributed by atoms with Crippen molar-refractivity contribution in [3.05, 3.63) is 35.7 Å². The van der Waals surface area contributed by atoms with Crippen LogP contribution in [0.4, 0.5) is 0 Å². The highest BCUT2D eigenvalue weighted by atomic mass is 35.5. The smallest absolute Gasteiger partial charge is 0.194 e. The normalized spacial score (nSPS) is 10.9. The molecule has 3 nitrogen and oxygen atoms in total. The highest BCUT2D eigenvalue weighted by molar-refractivity contribution is 7.23. The van der Waals surface area contributed by atoms with E-state index in [0.29, 0.717) is 6.54 Å². The third-order valence-electron chi connectivity index (χ3n) is 2.58. The first-order chi connectivity index (χ1) is 7.29. The molecule has 0 spiro atoms. The van der Waals surface area contributed by atoms with Gasteiger partial charge in [0, 0.05) is 12.7 Å². The molecular formula is C11H12ClN3S. The molecule has 84 valence electrons. The van der Waals surface area contributed by atoms with Crippen molar-refractivity contribution >= 4 is 38.9 Å². The van der Waals surface area contributed by atoms with Gasteiger partial charge in [0.15, 0.2) is 4.96 Å².